The number of carboxylic acids is 1. The van der Waals surface area contributed by atoms with E-state index in [0.717, 1.165) is 16.9 Å². The van der Waals surface area contributed by atoms with Gasteiger partial charge in [-0.25, -0.2) is 9.78 Å². The van der Waals surface area contributed by atoms with Crippen LogP contribution in [-0.4, -0.2) is 21.2 Å². The van der Waals surface area contributed by atoms with Gasteiger partial charge in [-0.1, -0.05) is 18.2 Å². The fourth-order valence-electron chi connectivity index (χ4n) is 1.47. The van der Waals surface area contributed by atoms with Crippen LogP contribution in [0.1, 0.15) is 21.1 Å². The number of phenols is 1. The molecule has 1 heterocycles. The SMILES string of the molecule is O=C(O)c1nc(CNCc2ccccc2O)cs1. The Balaban J connectivity index is 1.88. The van der Waals surface area contributed by atoms with Gasteiger partial charge in [-0.3, -0.25) is 0 Å². The Labute approximate surface area is 108 Å². The van der Waals surface area contributed by atoms with Crippen molar-refractivity contribution in [2.45, 2.75) is 13.1 Å². The van der Waals surface area contributed by atoms with Crippen LogP contribution in [0.3, 0.4) is 0 Å². The molecule has 5 nitrogen and oxygen atoms in total. The molecule has 0 amide bonds. The summed E-state index contributed by atoms with van der Waals surface area (Å²) < 4.78 is 0. The van der Waals surface area contributed by atoms with E-state index in [0.29, 0.717) is 18.8 Å². The first-order chi connectivity index (χ1) is 8.66. The largest absolute Gasteiger partial charge is 0.508 e. The predicted octanol–water partition coefficient (Wildman–Crippen LogP) is 1.84. The molecule has 3 N–H and O–H groups in total. The maximum Gasteiger partial charge on any atom is 0.365 e. The van der Waals surface area contributed by atoms with E-state index in [-0.39, 0.29) is 10.8 Å². The number of aromatic carboxylic acids is 1. The summed E-state index contributed by atoms with van der Waals surface area (Å²) in [5.74, 6) is -0.763. The van der Waals surface area contributed by atoms with Crippen LogP contribution in [0.2, 0.25) is 0 Å². The number of hydrogen-bond acceptors (Lipinski definition) is 5. The highest BCUT2D eigenvalue weighted by molar-refractivity contribution is 7.11. The van der Waals surface area contributed by atoms with Gasteiger partial charge in [0.05, 0.1) is 5.69 Å². The zero-order valence-corrected chi connectivity index (χ0v) is 10.3. The van der Waals surface area contributed by atoms with Gasteiger partial charge >= 0.3 is 5.97 Å². The summed E-state index contributed by atoms with van der Waals surface area (Å²) in [5, 5.41) is 23.2. The number of carboxylic acid groups (broad SMARTS) is 1. The van der Waals surface area contributed by atoms with E-state index in [1.807, 2.05) is 12.1 Å². The third-order valence-electron chi connectivity index (χ3n) is 2.35. The third kappa shape index (κ3) is 3.06. The molecule has 18 heavy (non-hydrogen) atoms. The van der Waals surface area contributed by atoms with Crippen LogP contribution < -0.4 is 5.32 Å². The van der Waals surface area contributed by atoms with E-state index in [9.17, 15) is 9.90 Å². The second-order valence-corrected chi connectivity index (χ2v) is 4.54. The number of nitrogens with zero attached hydrogens (tertiary/aromatic N) is 1. The fourth-order valence-corrected chi connectivity index (χ4v) is 2.13. The lowest BCUT2D eigenvalue weighted by molar-refractivity contribution is 0.0696. The number of nitrogens with one attached hydrogen (secondary N) is 1. The molecule has 2 aromatic rings. The average Bonchev–Trinajstić information content (AvgIpc) is 2.80. The molecule has 0 fully saturated rings. The van der Waals surface area contributed by atoms with E-state index in [1.165, 1.54) is 0 Å². The summed E-state index contributed by atoms with van der Waals surface area (Å²) in [4.78, 5) is 14.6. The first-order valence-electron chi connectivity index (χ1n) is 5.32. The number of rotatable bonds is 5. The molecule has 0 radical (unpaired) electrons. The van der Waals surface area contributed by atoms with Gasteiger partial charge in [0, 0.05) is 24.0 Å². The van der Waals surface area contributed by atoms with Crippen molar-refractivity contribution < 1.29 is 15.0 Å². The summed E-state index contributed by atoms with van der Waals surface area (Å²) in [6, 6.07) is 7.06. The Morgan fingerprint density at radius 3 is 2.78 bits per heavy atom. The van der Waals surface area contributed by atoms with E-state index in [4.69, 9.17) is 5.11 Å². The monoisotopic (exact) mass is 264 g/mol. The van der Waals surface area contributed by atoms with E-state index in [2.05, 4.69) is 10.3 Å². The lowest BCUT2D eigenvalue weighted by Crippen LogP contribution is -2.13. The Hall–Kier alpha value is -1.92. The van der Waals surface area contributed by atoms with Crippen LogP contribution in [0.5, 0.6) is 5.75 Å². The van der Waals surface area contributed by atoms with Crippen molar-refractivity contribution in [1.82, 2.24) is 10.3 Å². The highest BCUT2D eigenvalue weighted by atomic mass is 32.1. The van der Waals surface area contributed by atoms with Crippen molar-refractivity contribution in [1.29, 1.82) is 0 Å². The van der Waals surface area contributed by atoms with Gasteiger partial charge < -0.3 is 15.5 Å². The maximum atomic E-state index is 10.6. The first kappa shape index (κ1) is 12.5. The van der Waals surface area contributed by atoms with Crippen LogP contribution in [0.15, 0.2) is 29.6 Å². The molecule has 0 saturated carbocycles. The quantitative estimate of drug-likeness (QED) is 0.767. The zero-order valence-electron chi connectivity index (χ0n) is 9.46. The number of thiazole rings is 1. The molecule has 1 aromatic carbocycles. The van der Waals surface area contributed by atoms with Crippen LogP contribution in [0.25, 0.3) is 0 Å². The summed E-state index contributed by atoms with van der Waals surface area (Å²) in [7, 11) is 0. The molecular weight excluding hydrogens is 252 g/mol. The smallest absolute Gasteiger partial charge is 0.365 e. The van der Waals surface area contributed by atoms with Gasteiger partial charge in [0.15, 0.2) is 0 Å². The van der Waals surface area contributed by atoms with Crippen molar-refractivity contribution in [3.8, 4) is 5.75 Å². The summed E-state index contributed by atoms with van der Waals surface area (Å²) >= 11 is 1.11. The number of hydrogen-bond donors (Lipinski definition) is 3. The molecule has 0 aliphatic rings. The first-order valence-corrected chi connectivity index (χ1v) is 6.20. The van der Waals surface area contributed by atoms with Gasteiger partial charge in [0.25, 0.3) is 0 Å². The molecule has 0 aliphatic heterocycles. The maximum absolute atomic E-state index is 10.6. The number of para-hydroxylation sites is 1. The highest BCUT2D eigenvalue weighted by Gasteiger charge is 2.08. The van der Waals surface area contributed by atoms with Crippen molar-refractivity contribution in [2.75, 3.05) is 0 Å². The second-order valence-electron chi connectivity index (χ2n) is 3.68. The lowest BCUT2D eigenvalue weighted by atomic mass is 10.2. The second kappa shape index (κ2) is 5.61. The number of phenolic OH excluding ortho intramolecular Hbond substituents is 1. The summed E-state index contributed by atoms with van der Waals surface area (Å²) in [6.07, 6.45) is 0. The minimum atomic E-state index is -1.01. The zero-order chi connectivity index (χ0) is 13.0. The van der Waals surface area contributed by atoms with E-state index in [1.54, 1.807) is 17.5 Å². The van der Waals surface area contributed by atoms with Crippen LogP contribution >= 0.6 is 11.3 Å². The summed E-state index contributed by atoms with van der Waals surface area (Å²) in [6.45, 7) is 0.977. The third-order valence-corrected chi connectivity index (χ3v) is 3.23. The van der Waals surface area contributed by atoms with Crippen LogP contribution in [0.4, 0.5) is 0 Å². The molecular formula is C12H12N2O3S. The van der Waals surface area contributed by atoms with Crippen molar-refractivity contribution in [2.24, 2.45) is 0 Å². The van der Waals surface area contributed by atoms with Gasteiger partial charge in [0.2, 0.25) is 5.01 Å². The van der Waals surface area contributed by atoms with E-state index < -0.39 is 5.97 Å². The Bertz CT molecular complexity index is 554. The molecule has 2 rings (SSSR count). The van der Waals surface area contributed by atoms with Gasteiger partial charge in [-0.2, -0.15) is 0 Å². The van der Waals surface area contributed by atoms with Crippen molar-refractivity contribution >= 4 is 17.3 Å². The molecule has 0 unspecified atom stereocenters. The lowest BCUT2D eigenvalue weighted by Gasteiger charge is -2.04. The minimum absolute atomic E-state index is 0.0920. The molecule has 94 valence electrons. The standard InChI is InChI=1S/C12H12N2O3S/c15-10-4-2-1-3-8(10)5-13-6-9-7-18-11(14-9)12(16)17/h1-4,7,13,15H,5-6H2,(H,16,17). The topological polar surface area (TPSA) is 82.5 Å². The Morgan fingerprint density at radius 1 is 1.33 bits per heavy atom. The number of aromatic hydroxyl groups is 1. The van der Waals surface area contributed by atoms with Gasteiger partial charge in [-0.05, 0) is 6.07 Å². The normalized spacial score (nSPS) is 10.4. The molecule has 0 aliphatic carbocycles. The van der Waals surface area contributed by atoms with Gasteiger partial charge in [-0.15, -0.1) is 11.3 Å². The van der Waals surface area contributed by atoms with Crippen LogP contribution in [-0.2, 0) is 13.1 Å². The molecule has 0 bridgehead atoms. The number of carbonyl (C=O) groups is 1. The highest BCUT2D eigenvalue weighted by Crippen LogP contribution is 2.15. The fraction of sp³-hybridized carbons (Fsp3) is 0.167. The molecule has 6 heteroatoms. The average molecular weight is 264 g/mol. The molecule has 0 saturated heterocycles. The van der Waals surface area contributed by atoms with Crippen molar-refractivity contribution in [3.05, 3.63) is 45.9 Å². The molecule has 1 aromatic heterocycles. The minimum Gasteiger partial charge on any atom is -0.508 e. The number of benzene rings is 1. The van der Waals surface area contributed by atoms with Crippen LogP contribution in [0, 0.1) is 0 Å². The number of aromatic nitrogens is 1. The van der Waals surface area contributed by atoms with Gasteiger partial charge in [0.1, 0.15) is 5.75 Å². The molecule has 0 atom stereocenters. The predicted molar refractivity (Wildman–Crippen MR) is 67.7 cm³/mol. The van der Waals surface area contributed by atoms with Crippen molar-refractivity contribution in [3.63, 3.8) is 0 Å². The van der Waals surface area contributed by atoms with E-state index >= 15 is 0 Å². The Kier molecular flexibility index (Phi) is 3.91. The summed E-state index contributed by atoms with van der Waals surface area (Å²) in [5.41, 5.74) is 1.49. The molecule has 0 spiro atoms. The Morgan fingerprint density at radius 2 is 2.11 bits per heavy atom.